The number of unbranched alkanes of at least 4 members (excludes halogenated alkanes) is 44. The van der Waals surface area contributed by atoms with Gasteiger partial charge in [0, 0.05) is 13.0 Å². The molecule has 0 aromatic carbocycles. The fourth-order valence-electron chi connectivity index (χ4n) is 9.26. The highest BCUT2D eigenvalue weighted by Gasteiger charge is 2.20. The number of carbonyl (C=O) groups is 1. The molecule has 0 radical (unpaired) electrons. The third-order valence-electron chi connectivity index (χ3n) is 13.9. The number of ether oxygens (including phenoxy) is 2. The largest absolute Gasteiger partial charge is 0.756 e. The van der Waals surface area contributed by atoms with E-state index in [1.807, 2.05) is 21.1 Å². The number of rotatable bonds is 58. The van der Waals surface area contributed by atoms with Gasteiger partial charge in [-0.15, -0.1) is 0 Å². The Kier molecular flexibility index (Phi) is 52.4. The van der Waals surface area contributed by atoms with Crippen LogP contribution in [0.4, 0.5) is 0 Å². The lowest BCUT2D eigenvalue weighted by Gasteiger charge is -2.28. The molecule has 0 saturated carbocycles. The molecule has 0 aromatic rings. The summed E-state index contributed by atoms with van der Waals surface area (Å²) in [5.74, 6) is -0.322. The topological polar surface area (TPSA) is 94.1 Å². The molecule has 0 bridgehead atoms. The third-order valence-corrected chi connectivity index (χ3v) is 14.9. The van der Waals surface area contributed by atoms with Crippen molar-refractivity contribution in [1.82, 2.24) is 0 Å². The van der Waals surface area contributed by atoms with Gasteiger partial charge >= 0.3 is 5.97 Å². The predicted molar refractivity (Wildman–Crippen MR) is 291 cm³/mol. The van der Waals surface area contributed by atoms with E-state index >= 15 is 0 Å². The summed E-state index contributed by atoms with van der Waals surface area (Å²) in [6.45, 7) is 5.52. The average molecular weight is 987 g/mol. The highest BCUT2D eigenvalue weighted by Crippen LogP contribution is 2.38. The van der Waals surface area contributed by atoms with Gasteiger partial charge in [0.2, 0.25) is 0 Å². The third kappa shape index (κ3) is 56.4. The van der Waals surface area contributed by atoms with E-state index in [1.54, 1.807) is 0 Å². The maximum absolute atomic E-state index is 12.8. The second-order valence-electron chi connectivity index (χ2n) is 22.1. The van der Waals surface area contributed by atoms with Crippen LogP contribution in [0.15, 0.2) is 0 Å². The second kappa shape index (κ2) is 52.8. The van der Waals surface area contributed by atoms with E-state index in [0.29, 0.717) is 24.1 Å². The van der Waals surface area contributed by atoms with Gasteiger partial charge in [0.05, 0.1) is 34.4 Å². The van der Waals surface area contributed by atoms with Crippen molar-refractivity contribution in [2.75, 3.05) is 54.1 Å². The van der Waals surface area contributed by atoms with Crippen molar-refractivity contribution in [3.63, 3.8) is 0 Å². The van der Waals surface area contributed by atoms with Gasteiger partial charge in [0.1, 0.15) is 19.3 Å². The smallest absolute Gasteiger partial charge is 0.306 e. The van der Waals surface area contributed by atoms with Crippen molar-refractivity contribution in [3.8, 4) is 0 Å². The molecule has 0 heterocycles. The summed E-state index contributed by atoms with van der Waals surface area (Å²) < 4.78 is 34.9. The molecule has 0 spiro atoms. The Morgan fingerprint density at radius 3 is 0.971 bits per heavy atom. The summed E-state index contributed by atoms with van der Waals surface area (Å²) in [4.78, 5) is 25.3. The van der Waals surface area contributed by atoms with E-state index in [0.717, 1.165) is 32.1 Å². The van der Waals surface area contributed by atoms with E-state index in [2.05, 4.69) is 13.8 Å². The molecule has 0 aromatic heterocycles. The van der Waals surface area contributed by atoms with Gasteiger partial charge in [-0.25, -0.2) is 0 Å². The lowest BCUT2D eigenvalue weighted by molar-refractivity contribution is -0.870. The number of carbonyl (C=O) groups excluding carboxylic acids is 1. The van der Waals surface area contributed by atoms with E-state index < -0.39 is 13.9 Å². The molecule has 0 aliphatic carbocycles. The minimum atomic E-state index is -4.53. The van der Waals surface area contributed by atoms with Crippen molar-refractivity contribution in [1.29, 1.82) is 0 Å². The fraction of sp³-hybridized carbons (Fsp3) is 0.983. The number of likely N-dealkylation sites (N-methyl/N-ethyl adjacent to an activating group) is 1. The summed E-state index contributed by atoms with van der Waals surface area (Å²) >= 11 is 0. The molecule has 0 aliphatic heterocycles. The van der Waals surface area contributed by atoms with Crippen LogP contribution < -0.4 is 4.89 Å². The predicted octanol–water partition coefficient (Wildman–Crippen LogP) is 18.5. The lowest BCUT2D eigenvalue weighted by Crippen LogP contribution is -2.37. The van der Waals surface area contributed by atoms with Crippen LogP contribution >= 0.6 is 7.82 Å². The van der Waals surface area contributed by atoms with Crippen molar-refractivity contribution < 1.29 is 37.3 Å². The highest BCUT2D eigenvalue weighted by molar-refractivity contribution is 7.45. The van der Waals surface area contributed by atoms with Crippen LogP contribution in [0.25, 0.3) is 0 Å². The zero-order chi connectivity index (χ0) is 49.8. The second-order valence-corrected chi connectivity index (χ2v) is 23.5. The van der Waals surface area contributed by atoms with Crippen molar-refractivity contribution in [2.45, 2.75) is 322 Å². The number of hydrogen-bond acceptors (Lipinski definition) is 7. The molecule has 9 heteroatoms. The zero-order valence-corrected chi connectivity index (χ0v) is 47.5. The van der Waals surface area contributed by atoms with Gasteiger partial charge in [-0.05, 0) is 12.8 Å². The zero-order valence-electron chi connectivity index (χ0n) is 46.6. The molecule has 0 saturated heterocycles. The maximum atomic E-state index is 12.8. The first kappa shape index (κ1) is 67.5. The maximum Gasteiger partial charge on any atom is 0.306 e. The number of phosphoric acid groups is 1. The van der Waals surface area contributed by atoms with E-state index in [1.165, 1.54) is 263 Å². The molecular formula is C59H120NO7P. The summed E-state index contributed by atoms with van der Waals surface area (Å²) in [5, 5.41) is 0. The number of esters is 1. The summed E-state index contributed by atoms with van der Waals surface area (Å²) in [6.07, 6.45) is 61.5. The molecule has 408 valence electrons. The quantitative estimate of drug-likeness (QED) is 0.0259. The summed E-state index contributed by atoms with van der Waals surface area (Å²) in [5.41, 5.74) is 0. The molecule has 8 nitrogen and oxygen atoms in total. The molecular weight excluding hydrogens is 866 g/mol. The number of phosphoric ester groups is 1. The van der Waals surface area contributed by atoms with Crippen LogP contribution in [-0.4, -0.2) is 70.7 Å². The molecule has 1 unspecified atom stereocenters. The van der Waals surface area contributed by atoms with Gasteiger partial charge in [-0.1, -0.05) is 296 Å². The van der Waals surface area contributed by atoms with E-state index in [9.17, 15) is 14.3 Å². The van der Waals surface area contributed by atoms with Crippen LogP contribution in [0.1, 0.15) is 316 Å². The molecule has 68 heavy (non-hydrogen) atoms. The standard InChI is InChI=1S/C59H120NO7P/c1-6-8-10-12-14-16-18-20-22-24-26-28-29-30-31-32-33-34-36-38-40-42-44-46-48-50-52-59(61)67-58(57-66-68(62,63)65-55-53-60(3,4)5)56-64-54-51-49-47-45-43-41-39-37-35-27-25-23-21-19-17-15-13-11-9-7-2/h58H,6-57H2,1-5H3/t58-/m1/s1. The van der Waals surface area contributed by atoms with Gasteiger partial charge in [0.25, 0.3) is 7.82 Å². The highest BCUT2D eigenvalue weighted by atomic mass is 31.2. The van der Waals surface area contributed by atoms with Crippen LogP contribution in [-0.2, 0) is 27.9 Å². The van der Waals surface area contributed by atoms with Crippen molar-refractivity contribution in [2.24, 2.45) is 0 Å². The minimum Gasteiger partial charge on any atom is -0.756 e. The SMILES string of the molecule is CCCCCCCCCCCCCCCCCCCCCCCCCCCCC(=O)O[C@H](COCCCCCCCCCCCCCCCCCCCCCC)COP(=O)([O-])OCC[N+](C)(C)C. The minimum absolute atomic E-state index is 0.0320. The van der Waals surface area contributed by atoms with E-state index in [-0.39, 0.29) is 25.8 Å². The Labute approximate surface area is 425 Å². The summed E-state index contributed by atoms with van der Waals surface area (Å²) in [7, 11) is 1.38. The first-order valence-electron chi connectivity index (χ1n) is 30.3. The monoisotopic (exact) mass is 986 g/mol. The molecule has 0 N–H and O–H groups in total. The molecule has 0 rings (SSSR count). The van der Waals surface area contributed by atoms with Crippen LogP contribution in [0.3, 0.4) is 0 Å². The van der Waals surface area contributed by atoms with Gasteiger partial charge in [-0.2, -0.15) is 0 Å². The summed E-state index contributed by atoms with van der Waals surface area (Å²) in [6, 6.07) is 0. The normalized spacial score (nSPS) is 13.3. The van der Waals surface area contributed by atoms with Gasteiger partial charge in [0.15, 0.2) is 0 Å². The van der Waals surface area contributed by atoms with Crippen LogP contribution in [0.2, 0.25) is 0 Å². The Morgan fingerprint density at radius 2 is 0.676 bits per heavy atom. The Morgan fingerprint density at radius 1 is 0.397 bits per heavy atom. The first-order valence-corrected chi connectivity index (χ1v) is 31.7. The van der Waals surface area contributed by atoms with Gasteiger partial charge in [-0.3, -0.25) is 9.36 Å². The van der Waals surface area contributed by atoms with Crippen molar-refractivity contribution >= 4 is 13.8 Å². The molecule has 0 aliphatic rings. The number of nitrogens with zero attached hydrogens (tertiary/aromatic N) is 1. The number of quaternary nitrogens is 1. The number of hydrogen-bond donors (Lipinski definition) is 0. The van der Waals surface area contributed by atoms with Gasteiger partial charge < -0.3 is 27.9 Å². The van der Waals surface area contributed by atoms with Crippen molar-refractivity contribution in [3.05, 3.63) is 0 Å². The van der Waals surface area contributed by atoms with Crippen LogP contribution in [0, 0.1) is 0 Å². The Balaban J connectivity index is 3.97. The molecule has 2 atom stereocenters. The Bertz CT molecular complexity index is 1050. The molecule has 0 amide bonds. The van der Waals surface area contributed by atoms with E-state index in [4.69, 9.17) is 18.5 Å². The molecule has 0 fully saturated rings. The lowest BCUT2D eigenvalue weighted by atomic mass is 10.0. The first-order chi connectivity index (χ1) is 33.1. The fourth-order valence-corrected chi connectivity index (χ4v) is 9.99. The van der Waals surface area contributed by atoms with Crippen LogP contribution in [0.5, 0.6) is 0 Å². The Hall–Kier alpha value is -0.500. The average Bonchev–Trinajstić information content (AvgIpc) is 3.30.